The van der Waals surface area contributed by atoms with E-state index in [0.29, 0.717) is 10.0 Å². The lowest BCUT2D eigenvalue weighted by atomic mass is 10.2. The maximum atomic E-state index is 12.9. The molecule has 0 unspecified atom stereocenters. The molecule has 0 bridgehead atoms. The first-order valence-corrected chi connectivity index (χ1v) is 7.91. The average molecular weight is 412 g/mol. The van der Waals surface area contributed by atoms with Crippen molar-refractivity contribution in [3.63, 3.8) is 0 Å². The van der Waals surface area contributed by atoms with Crippen LogP contribution >= 0.6 is 27.5 Å². The van der Waals surface area contributed by atoms with E-state index < -0.39 is 5.97 Å². The van der Waals surface area contributed by atoms with E-state index in [1.165, 1.54) is 24.3 Å². The topological polar surface area (TPSA) is 65.2 Å². The Hall–Kier alpha value is -2.25. The number of aromatic nitrogens is 2. The molecule has 0 N–H and O–H groups in total. The molecule has 0 aliphatic heterocycles. The van der Waals surface area contributed by atoms with Crippen LogP contribution in [0.1, 0.15) is 16.2 Å². The number of esters is 1. The van der Waals surface area contributed by atoms with Crippen molar-refractivity contribution in [2.75, 3.05) is 0 Å². The second-order valence-corrected chi connectivity index (χ2v) is 6.04. The molecule has 0 saturated heterocycles. The summed E-state index contributed by atoms with van der Waals surface area (Å²) in [6.07, 6.45) is 0. The summed E-state index contributed by atoms with van der Waals surface area (Å²) in [5.74, 6) is -0.569. The number of carbonyl (C=O) groups excluding carboxylic acids is 1. The zero-order chi connectivity index (χ0) is 17.1. The highest BCUT2D eigenvalue weighted by molar-refractivity contribution is 9.10. The number of hydrogen-bond acceptors (Lipinski definition) is 5. The summed E-state index contributed by atoms with van der Waals surface area (Å²) in [7, 11) is 0. The molecule has 1 heterocycles. The normalized spacial score (nSPS) is 10.6. The Bertz CT molecular complexity index is 883. The fourth-order valence-electron chi connectivity index (χ4n) is 1.89. The van der Waals surface area contributed by atoms with Gasteiger partial charge in [-0.2, -0.15) is 4.98 Å². The summed E-state index contributed by atoms with van der Waals surface area (Å²) < 4.78 is 23.7. The zero-order valence-corrected chi connectivity index (χ0v) is 14.3. The van der Waals surface area contributed by atoms with Crippen molar-refractivity contribution in [3.05, 3.63) is 69.2 Å². The summed E-state index contributed by atoms with van der Waals surface area (Å²) >= 11 is 9.23. The Kier molecular flexibility index (Phi) is 4.92. The van der Waals surface area contributed by atoms with Crippen LogP contribution < -0.4 is 0 Å². The first-order valence-electron chi connectivity index (χ1n) is 6.73. The standard InChI is InChI=1S/C16H9BrClFN2O3/c17-10-3-6-13(18)12(7-10)16(22)23-8-14-20-15(21-24-14)9-1-4-11(19)5-2-9/h1-7H,8H2. The Morgan fingerprint density at radius 2 is 2.00 bits per heavy atom. The van der Waals surface area contributed by atoms with Gasteiger partial charge in [0.2, 0.25) is 5.82 Å². The second kappa shape index (κ2) is 7.11. The van der Waals surface area contributed by atoms with Gasteiger partial charge in [0, 0.05) is 10.0 Å². The Balaban J connectivity index is 1.68. The summed E-state index contributed by atoms with van der Waals surface area (Å²) in [5, 5.41) is 4.04. The van der Waals surface area contributed by atoms with Gasteiger partial charge in [-0.25, -0.2) is 9.18 Å². The lowest BCUT2D eigenvalue weighted by Gasteiger charge is -2.04. The molecule has 0 saturated carbocycles. The van der Waals surface area contributed by atoms with E-state index in [1.807, 2.05) is 0 Å². The molecule has 24 heavy (non-hydrogen) atoms. The predicted octanol–water partition coefficient (Wildman–Crippen LogP) is 4.65. The highest BCUT2D eigenvalue weighted by Crippen LogP contribution is 2.22. The van der Waals surface area contributed by atoms with E-state index in [-0.39, 0.29) is 34.7 Å². The van der Waals surface area contributed by atoms with Crippen LogP contribution in [0.25, 0.3) is 11.4 Å². The number of carbonyl (C=O) groups is 1. The minimum Gasteiger partial charge on any atom is -0.452 e. The number of hydrogen-bond donors (Lipinski definition) is 0. The first kappa shape index (κ1) is 16.6. The number of nitrogens with zero attached hydrogens (tertiary/aromatic N) is 2. The van der Waals surface area contributed by atoms with Crippen molar-refractivity contribution >= 4 is 33.5 Å². The third kappa shape index (κ3) is 3.80. The molecule has 5 nitrogen and oxygen atoms in total. The van der Waals surface area contributed by atoms with E-state index in [1.54, 1.807) is 18.2 Å². The van der Waals surface area contributed by atoms with Crippen LogP contribution in [0, 0.1) is 5.82 Å². The smallest absolute Gasteiger partial charge is 0.340 e. The Morgan fingerprint density at radius 3 is 2.75 bits per heavy atom. The molecule has 0 radical (unpaired) electrons. The molecule has 3 aromatic rings. The summed E-state index contributed by atoms with van der Waals surface area (Å²) in [6, 6.07) is 10.5. The third-order valence-corrected chi connectivity index (χ3v) is 3.87. The molecule has 122 valence electrons. The number of benzene rings is 2. The third-order valence-electron chi connectivity index (χ3n) is 3.05. The van der Waals surface area contributed by atoms with Crippen LogP contribution in [0.4, 0.5) is 4.39 Å². The van der Waals surface area contributed by atoms with Gasteiger partial charge in [-0.1, -0.05) is 32.7 Å². The Labute approximate surface area is 149 Å². The predicted molar refractivity (Wildman–Crippen MR) is 88.0 cm³/mol. The van der Waals surface area contributed by atoms with Gasteiger partial charge < -0.3 is 9.26 Å². The molecule has 0 fully saturated rings. The van der Waals surface area contributed by atoms with E-state index in [0.717, 1.165) is 0 Å². The maximum Gasteiger partial charge on any atom is 0.340 e. The molecule has 3 rings (SSSR count). The molecular weight excluding hydrogens is 403 g/mol. The quantitative estimate of drug-likeness (QED) is 0.585. The largest absolute Gasteiger partial charge is 0.452 e. The van der Waals surface area contributed by atoms with Crippen molar-refractivity contribution in [2.45, 2.75) is 6.61 Å². The number of rotatable bonds is 4. The van der Waals surface area contributed by atoms with Gasteiger partial charge in [-0.05, 0) is 42.5 Å². The first-order chi connectivity index (χ1) is 11.5. The maximum absolute atomic E-state index is 12.9. The van der Waals surface area contributed by atoms with E-state index in [9.17, 15) is 9.18 Å². The molecule has 0 amide bonds. The molecule has 2 aromatic carbocycles. The summed E-state index contributed by atoms with van der Waals surface area (Å²) in [6.45, 7) is -0.199. The minimum atomic E-state index is -0.608. The highest BCUT2D eigenvalue weighted by atomic mass is 79.9. The van der Waals surface area contributed by atoms with Crippen molar-refractivity contribution in [2.24, 2.45) is 0 Å². The second-order valence-electron chi connectivity index (χ2n) is 4.72. The summed E-state index contributed by atoms with van der Waals surface area (Å²) in [5.41, 5.74) is 0.817. The van der Waals surface area contributed by atoms with Gasteiger partial charge in [-0.3, -0.25) is 0 Å². The number of halogens is 3. The number of ether oxygens (including phenoxy) is 1. The van der Waals surface area contributed by atoms with Gasteiger partial charge in [0.1, 0.15) is 5.82 Å². The molecule has 8 heteroatoms. The molecule has 0 aliphatic carbocycles. The summed E-state index contributed by atoms with van der Waals surface area (Å²) in [4.78, 5) is 16.1. The van der Waals surface area contributed by atoms with Gasteiger partial charge in [0.15, 0.2) is 6.61 Å². The van der Waals surface area contributed by atoms with Gasteiger partial charge >= 0.3 is 5.97 Å². The van der Waals surface area contributed by atoms with E-state index >= 15 is 0 Å². The molecule has 0 spiro atoms. The van der Waals surface area contributed by atoms with Crippen LogP contribution in [-0.4, -0.2) is 16.1 Å². The monoisotopic (exact) mass is 410 g/mol. The lowest BCUT2D eigenvalue weighted by molar-refractivity contribution is 0.0430. The van der Waals surface area contributed by atoms with Gasteiger partial charge in [0.05, 0.1) is 10.6 Å². The zero-order valence-electron chi connectivity index (χ0n) is 12.0. The van der Waals surface area contributed by atoms with Crippen molar-refractivity contribution in [1.29, 1.82) is 0 Å². The highest BCUT2D eigenvalue weighted by Gasteiger charge is 2.15. The molecule has 1 aromatic heterocycles. The SMILES string of the molecule is O=C(OCc1nc(-c2ccc(F)cc2)no1)c1cc(Br)ccc1Cl. The van der Waals surface area contributed by atoms with Crippen LogP contribution in [0.5, 0.6) is 0 Å². The van der Waals surface area contributed by atoms with Crippen molar-refractivity contribution < 1.29 is 18.4 Å². The molecular formula is C16H9BrClFN2O3. The van der Waals surface area contributed by atoms with Crippen LogP contribution in [0.3, 0.4) is 0 Å². The van der Waals surface area contributed by atoms with Crippen LogP contribution in [-0.2, 0) is 11.3 Å². The van der Waals surface area contributed by atoms with Crippen LogP contribution in [0.2, 0.25) is 5.02 Å². The van der Waals surface area contributed by atoms with Crippen LogP contribution in [0.15, 0.2) is 51.5 Å². The lowest BCUT2D eigenvalue weighted by Crippen LogP contribution is -2.06. The van der Waals surface area contributed by atoms with Crippen molar-refractivity contribution in [3.8, 4) is 11.4 Å². The van der Waals surface area contributed by atoms with Crippen molar-refractivity contribution in [1.82, 2.24) is 10.1 Å². The fraction of sp³-hybridized carbons (Fsp3) is 0.0625. The van der Waals surface area contributed by atoms with E-state index in [2.05, 4.69) is 26.1 Å². The average Bonchev–Trinajstić information content (AvgIpc) is 3.04. The minimum absolute atomic E-state index is 0.119. The van der Waals surface area contributed by atoms with Gasteiger partial charge in [0.25, 0.3) is 5.89 Å². The van der Waals surface area contributed by atoms with Gasteiger partial charge in [-0.15, -0.1) is 0 Å². The fourth-order valence-corrected chi connectivity index (χ4v) is 2.44. The molecule has 0 atom stereocenters. The molecule has 0 aliphatic rings. The Morgan fingerprint density at radius 1 is 1.25 bits per heavy atom. The van der Waals surface area contributed by atoms with E-state index in [4.69, 9.17) is 20.9 Å².